The highest BCUT2D eigenvalue weighted by atomic mass is 19.1. The maximum absolute atomic E-state index is 13.3. The molecule has 0 spiro atoms. The number of hydrogen-bond acceptors (Lipinski definition) is 3. The van der Waals surface area contributed by atoms with Gasteiger partial charge in [0, 0.05) is 18.9 Å². The minimum absolute atomic E-state index is 0.00731. The Balaban J connectivity index is 2.11. The van der Waals surface area contributed by atoms with Gasteiger partial charge in [-0.15, -0.1) is 0 Å². The Morgan fingerprint density at radius 2 is 1.94 bits per heavy atom. The average molecular weight is 250 g/mol. The van der Waals surface area contributed by atoms with E-state index in [9.17, 15) is 8.78 Å². The van der Waals surface area contributed by atoms with Crippen LogP contribution in [-0.4, -0.2) is 12.0 Å². The standard InChI is InChI=1S/C13H12F2N2O/c1-16-9-5-6-17-10(7-9)8-18-13-11(14)3-2-4-12(13)15/h2-7H,8H2,1H3,(H,16,17). The molecule has 0 unspecified atom stereocenters. The van der Waals surface area contributed by atoms with E-state index in [-0.39, 0.29) is 12.4 Å². The minimum Gasteiger partial charge on any atom is -0.481 e. The summed E-state index contributed by atoms with van der Waals surface area (Å²) in [6, 6.07) is 7.12. The fourth-order valence-electron chi connectivity index (χ4n) is 1.48. The summed E-state index contributed by atoms with van der Waals surface area (Å²) in [5.74, 6) is -1.83. The van der Waals surface area contributed by atoms with Gasteiger partial charge in [0.25, 0.3) is 0 Å². The summed E-state index contributed by atoms with van der Waals surface area (Å²) in [5.41, 5.74) is 1.45. The lowest BCUT2D eigenvalue weighted by atomic mass is 10.3. The summed E-state index contributed by atoms with van der Waals surface area (Å²) >= 11 is 0. The molecular formula is C13H12F2N2O. The molecule has 1 heterocycles. The Hall–Kier alpha value is -2.17. The number of anilines is 1. The molecule has 1 N–H and O–H groups in total. The normalized spacial score (nSPS) is 10.2. The molecule has 2 aromatic rings. The van der Waals surface area contributed by atoms with Gasteiger partial charge in [0.2, 0.25) is 0 Å². The smallest absolute Gasteiger partial charge is 0.191 e. The lowest BCUT2D eigenvalue weighted by Gasteiger charge is -2.08. The van der Waals surface area contributed by atoms with Crippen LogP contribution in [0.2, 0.25) is 0 Å². The molecule has 1 aromatic carbocycles. The summed E-state index contributed by atoms with van der Waals surface area (Å²) in [6.07, 6.45) is 1.60. The van der Waals surface area contributed by atoms with Crippen molar-refractivity contribution in [3.05, 3.63) is 53.9 Å². The first-order valence-electron chi connectivity index (χ1n) is 5.40. The Labute approximate surface area is 103 Å². The molecule has 1 aromatic heterocycles. The van der Waals surface area contributed by atoms with E-state index in [1.807, 2.05) is 0 Å². The second-order valence-electron chi connectivity index (χ2n) is 3.63. The highest BCUT2D eigenvalue weighted by molar-refractivity contribution is 5.42. The van der Waals surface area contributed by atoms with Crippen LogP contribution in [0.25, 0.3) is 0 Å². The van der Waals surface area contributed by atoms with Crippen LogP contribution in [0, 0.1) is 11.6 Å². The molecule has 0 fully saturated rings. The molecule has 0 amide bonds. The molecular weight excluding hydrogens is 238 g/mol. The lowest BCUT2D eigenvalue weighted by Crippen LogP contribution is -2.02. The first kappa shape index (κ1) is 12.3. The third kappa shape index (κ3) is 2.74. The number of nitrogens with one attached hydrogen (secondary N) is 1. The maximum Gasteiger partial charge on any atom is 0.191 e. The third-order valence-corrected chi connectivity index (χ3v) is 2.39. The van der Waals surface area contributed by atoms with E-state index in [0.717, 1.165) is 17.8 Å². The fourth-order valence-corrected chi connectivity index (χ4v) is 1.48. The molecule has 0 aliphatic rings. The van der Waals surface area contributed by atoms with Gasteiger partial charge in [-0.05, 0) is 24.3 Å². The molecule has 18 heavy (non-hydrogen) atoms. The van der Waals surface area contributed by atoms with Gasteiger partial charge in [-0.2, -0.15) is 0 Å². The van der Waals surface area contributed by atoms with E-state index in [4.69, 9.17) is 4.74 Å². The topological polar surface area (TPSA) is 34.2 Å². The number of nitrogens with zero attached hydrogens (tertiary/aromatic N) is 1. The number of halogens is 2. The van der Waals surface area contributed by atoms with Crippen molar-refractivity contribution >= 4 is 5.69 Å². The Morgan fingerprint density at radius 1 is 1.22 bits per heavy atom. The van der Waals surface area contributed by atoms with E-state index in [1.165, 1.54) is 6.07 Å². The average Bonchev–Trinajstić information content (AvgIpc) is 2.38. The SMILES string of the molecule is CNc1ccnc(COc2c(F)cccc2F)c1. The molecule has 0 saturated carbocycles. The number of ether oxygens (including phenoxy) is 1. The Bertz CT molecular complexity index is 526. The van der Waals surface area contributed by atoms with E-state index >= 15 is 0 Å². The second-order valence-corrected chi connectivity index (χ2v) is 3.63. The highest BCUT2D eigenvalue weighted by Crippen LogP contribution is 2.22. The summed E-state index contributed by atoms with van der Waals surface area (Å²) in [7, 11) is 1.77. The molecule has 0 saturated heterocycles. The Morgan fingerprint density at radius 3 is 2.61 bits per heavy atom. The summed E-state index contributed by atoms with van der Waals surface area (Å²) < 4.78 is 31.7. The predicted molar refractivity (Wildman–Crippen MR) is 64.5 cm³/mol. The van der Waals surface area contributed by atoms with Crippen molar-refractivity contribution < 1.29 is 13.5 Å². The Kier molecular flexibility index (Phi) is 3.72. The van der Waals surface area contributed by atoms with Crippen LogP contribution in [0.4, 0.5) is 14.5 Å². The maximum atomic E-state index is 13.3. The van der Waals surface area contributed by atoms with Crippen molar-refractivity contribution in [3.8, 4) is 5.75 Å². The number of hydrogen-bond donors (Lipinski definition) is 1. The van der Waals surface area contributed by atoms with Crippen molar-refractivity contribution in [1.29, 1.82) is 0 Å². The molecule has 5 heteroatoms. The molecule has 94 valence electrons. The van der Waals surface area contributed by atoms with Crippen LogP contribution in [0.1, 0.15) is 5.69 Å². The predicted octanol–water partition coefficient (Wildman–Crippen LogP) is 2.98. The monoisotopic (exact) mass is 250 g/mol. The van der Waals surface area contributed by atoms with Crippen molar-refractivity contribution in [3.63, 3.8) is 0 Å². The zero-order valence-electron chi connectivity index (χ0n) is 9.78. The molecule has 0 aliphatic carbocycles. The number of rotatable bonds is 4. The van der Waals surface area contributed by atoms with Gasteiger partial charge in [0.05, 0.1) is 5.69 Å². The van der Waals surface area contributed by atoms with Gasteiger partial charge in [0.15, 0.2) is 17.4 Å². The van der Waals surface area contributed by atoms with Gasteiger partial charge in [-0.25, -0.2) is 8.78 Å². The zero-order valence-corrected chi connectivity index (χ0v) is 9.78. The van der Waals surface area contributed by atoms with Crippen molar-refractivity contribution in [2.24, 2.45) is 0 Å². The zero-order chi connectivity index (χ0) is 13.0. The molecule has 2 rings (SSSR count). The van der Waals surface area contributed by atoms with Crippen LogP contribution in [-0.2, 0) is 6.61 Å². The van der Waals surface area contributed by atoms with E-state index < -0.39 is 11.6 Å². The molecule has 3 nitrogen and oxygen atoms in total. The number of pyridine rings is 1. The van der Waals surface area contributed by atoms with Crippen molar-refractivity contribution in [2.75, 3.05) is 12.4 Å². The van der Waals surface area contributed by atoms with Crippen LogP contribution in [0.15, 0.2) is 36.5 Å². The van der Waals surface area contributed by atoms with E-state index in [2.05, 4.69) is 10.3 Å². The lowest BCUT2D eigenvalue weighted by molar-refractivity contribution is 0.270. The van der Waals surface area contributed by atoms with Crippen LogP contribution in [0.5, 0.6) is 5.75 Å². The third-order valence-electron chi connectivity index (χ3n) is 2.39. The van der Waals surface area contributed by atoms with Gasteiger partial charge in [-0.3, -0.25) is 4.98 Å². The number of aromatic nitrogens is 1. The first-order chi connectivity index (χ1) is 8.70. The molecule has 0 atom stereocenters. The van der Waals surface area contributed by atoms with Gasteiger partial charge < -0.3 is 10.1 Å². The quantitative estimate of drug-likeness (QED) is 0.905. The van der Waals surface area contributed by atoms with Gasteiger partial charge in [0.1, 0.15) is 6.61 Å². The van der Waals surface area contributed by atoms with Gasteiger partial charge in [-0.1, -0.05) is 6.07 Å². The number of benzene rings is 1. The minimum atomic E-state index is -0.722. The number of para-hydroxylation sites is 1. The molecule has 0 aliphatic heterocycles. The van der Waals surface area contributed by atoms with E-state index in [1.54, 1.807) is 25.4 Å². The van der Waals surface area contributed by atoms with Crippen LogP contribution >= 0.6 is 0 Å². The van der Waals surface area contributed by atoms with Crippen molar-refractivity contribution in [2.45, 2.75) is 6.61 Å². The first-order valence-corrected chi connectivity index (χ1v) is 5.40. The summed E-state index contributed by atoms with van der Waals surface area (Å²) in [5, 5.41) is 2.94. The van der Waals surface area contributed by atoms with Crippen LogP contribution in [0.3, 0.4) is 0 Å². The second kappa shape index (κ2) is 5.44. The summed E-state index contributed by atoms with van der Waals surface area (Å²) in [6.45, 7) is 0.00731. The fraction of sp³-hybridized carbons (Fsp3) is 0.154. The summed E-state index contributed by atoms with van der Waals surface area (Å²) in [4.78, 5) is 4.05. The molecule has 0 bridgehead atoms. The largest absolute Gasteiger partial charge is 0.481 e. The van der Waals surface area contributed by atoms with Gasteiger partial charge >= 0.3 is 0 Å². The molecule has 0 radical (unpaired) electrons. The van der Waals surface area contributed by atoms with E-state index in [0.29, 0.717) is 5.69 Å². The van der Waals surface area contributed by atoms with Crippen LogP contribution < -0.4 is 10.1 Å². The highest BCUT2D eigenvalue weighted by Gasteiger charge is 2.09. The van der Waals surface area contributed by atoms with Crippen molar-refractivity contribution in [1.82, 2.24) is 4.98 Å².